The SMILES string of the molecule is CCOC(=O)CCCOc1cccc(CCCCCCOc2cc(C)cc(SC)c2)c1CCC(=O)OCC. The van der Waals surface area contributed by atoms with Gasteiger partial charge in [0.1, 0.15) is 11.5 Å². The van der Waals surface area contributed by atoms with Crippen molar-refractivity contribution in [2.24, 2.45) is 0 Å². The van der Waals surface area contributed by atoms with Crippen LogP contribution in [0.5, 0.6) is 11.5 Å². The average molecular weight is 545 g/mol. The lowest BCUT2D eigenvalue weighted by Gasteiger charge is -2.16. The highest BCUT2D eigenvalue weighted by atomic mass is 32.2. The Bertz CT molecular complexity index is 990. The van der Waals surface area contributed by atoms with Crippen LogP contribution < -0.4 is 9.47 Å². The molecule has 0 saturated carbocycles. The Morgan fingerprint density at radius 1 is 0.789 bits per heavy atom. The van der Waals surface area contributed by atoms with Crippen LogP contribution in [-0.4, -0.2) is 44.6 Å². The third-order valence-electron chi connectivity index (χ3n) is 6.07. The van der Waals surface area contributed by atoms with Crippen LogP contribution in [0.2, 0.25) is 0 Å². The number of aryl methyl sites for hydroxylation is 2. The topological polar surface area (TPSA) is 71.1 Å². The van der Waals surface area contributed by atoms with Crippen molar-refractivity contribution in [3.05, 3.63) is 53.1 Å². The molecule has 2 aromatic carbocycles. The molecule has 38 heavy (non-hydrogen) atoms. The van der Waals surface area contributed by atoms with E-state index in [9.17, 15) is 9.59 Å². The van der Waals surface area contributed by atoms with Crippen LogP contribution in [0.15, 0.2) is 41.3 Å². The number of carbonyl (C=O) groups excluding carboxylic acids is 2. The molecule has 0 aliphatic heterocycles. The van der Waals surface area contributed by atoms with E-state index in [0.29, 0.717) is 45.5 Å². The first-order valence-corrected chi connectivity index (χ1v) is 15.0. The number of hydrogen-bond acceptors (Lipinski definition) is 7. The number of benzene rings is 2. The quantitative estimate of drug-likeness (QED) is 0.106. The summed E-state index contributed by atoms with van der Waals surface area (Å²) in [5.41, 5.74) is 3.48. The van der Waals surface area contributed by atoms with Gasteiger partial charge in [-0.1, -0.05) is 25.0 Å². The van der Waals surface area contributed by atoms with E-state index in [1.54, 1.807) is 18.7 Å². The lowest BCUT2D eigenvalue weighted by Crippen LogP contribution is -2.10. The predicted octanol–water partition coefficient (Wildman–Crippen LogP) is 7.12. The van der Waals surface area contributed by atoms with Crippen LogP contribution in [0.4, 0.5) is 0 Å². The molecule has 0 unspecified atom stereocenters. The van der Waals surface area contributed by atoms with Gasteiger partial charge in [0, 0.05) is 17.7 Å². The first kappa shape index (κ1) is 31.5. The Hall–Kier alpha value is -2.67. The number of carbonyl (C=O) groups is 2. The van der Waals surface area contributed by atoms with Crippen molar-refractivity contribution in [1.82, 2.24) is 0 Å². The molecule has 0 heterocycles. The maximum absolute atomic E-state index is 12.0. The Morgan fingerprint density at radius 3 is 2.24 bits per heavy atom. The molecule has 0 aliphatic carbocycles. The van der Waals surface area contributed by atoms with Gasteiger partial charge >= 0.3 is 11.9 Å². The molecular weight excluding hydrogens is 500 g/mol. The number of unbranched alkanes of at least 4 members (excludes halogenated alkanes) is 3. The van der Waals surface area contributed by atoms with Crippen LogP contribution in [-0.2, 0) is 31.9 Å². The second-order valence-corrected chi connectivity index (χ2v) is 10.0. The number of ether oxygens (including phenoxy) is 4. The second kappa shape index (κ2) is 18.6. The first-order chi connectivity index (χ1) is 18.5. The van der Waals surface area contributed by atoms with Gasteiger partial charge in [0.05, 0.1) is 26.4 Å². The van der Waals surface area contributed by atoms with Crippen molar-refractivity contribution >= 4 is 23.7 Å². The summed E-state index contributed by atoms with van der Waals surface area (Å²) in [5, 5.41) is 0. The Balaban J connectivity index is 1.85. The molecule has 0 saturated heterocycles. The van der Waals surface area contributed by atoms with E-state index < -0.39 is 0 Å². The van der Waals surface area contributed by atoms with Crippen LogP contribution in [0.1, 0.15) is 75.5 Å². The lowest BCUT2D eigenvalue weighted by molar-refractivity contribution is -0.144. The van der Waals surface area contributed by atoms with Crippen molar-refractivity contribution < 1.29 is 28.5 Å². The Labute approximate surface area is 232 Å². The summed E-state index contributed by atoms with van der Waals surface area (Å²) in [6.45, 7) is 7.62. The second-order valence-electron chi connectivity index (χ2n) is 9.15. The van der Waals surface area contributed by atoms with Crippen LogP contribution >= 0.6 is 11.8 Å². The van der Waals surface area contributed by atoms with Gasteiger partial charge in [0.2, 0.25) is 0 Å². The fourth-order valence-electron chi connectivity index (χ4n) is 4.23. The van der Waals surface area contributed by atoms with Gasteiger partial charge < -0.3 is 18.9 Å². The molecule has 0 amide bonds. The number of rotatable bonds is 19. The highest BCUT2D eigenvalue weighted by Crippen LogP contribution is 2.27. The number of hydrogen-bond donors (Lipinski definition) is 0. The fourth-order valence-corrected chi connectivity index (χ4v) is 4.77. The van der Waals surface area contributed by atoms with Gasteiger partial charge in [-0.05, 0) is 100 Å². The molecular formula is C31H44O6S. The van der Waals surface area contributed by atoms with E-state index in [4.69, 9.17) is 18.9 Å². The monoisotopic (exact) mass is 544 g/mol. The van der Waals surface area contributed by atoms with Crippen LogP contribution in [0.3, 0.4) is 0 Å². The highest BCUT2D eigenvalue weighted by Gasteiger charge is 2.13. The van der Waals surface area contributed by atoms with Crippen molar-refractivity contribution in [3.8, 4) is 11.5 Å². The molecule has 2 rings (SSSR count). The van der Waals surface area contributed by atoms with Crippen molar-refractivity contribution in [1.29, 1.82) is 0 Å². The summed E-state index contributed by atoms with van der Waals surface area (Å²) in [6.07, 6.45) is 9.09. The zero-order valence-corrected chi connectivity index (χ0v) is 24.3. The van der Waals surface area contributed by atoms with E-state index in [0.717, 1.165) is 55.8 Å². The van der Waals surface area contributed by atoms with Crippen LogP contribution in [0, 0.1) is 6.92 Å². The van der Waals surface area contributed by atoms with Gasteiger partial charge in [0.15, 0.2) is 0 Å². The van der Waals surface area contributed by atoms with Crippen molar-refractivity contribution in [3.63, 3.8) is 0 Å². The summed E-state index contributed by atoms with van der Waals surface area (Å²) in [7, 11) is 0. The zero-order chi connectivity index (χ0) is 27.6. The van der Waals surface area contributed by atoms with Crippen molar-refractivity contribution in [2.45, 2.75) is 83.5 Å². The Kier molecular flexibility index (Phi) is 15.4. The van der Waals surface area contributed by atoms with E-state index in [1.807, 2.05) is 19.1 Å². The highest BCUT2D eigenvalue weighted by molar-refractivity contribution is 7.98. The third-order valence-corrected chi connectivity index (χ3v) is 6.78. The summed E-state index contributed by atoms with van der Waals surface area (Å²) < 4.78 is 22.1. The maximum Gasteiger partial charge on any atom is 0.306 e. The van der Waals surface area contributed by atoms with Gasteiger partial charge in [-0.25, -0.2) is 0 Å². The van der Waals surface area contributed by atoms with E-state index in [1.165, 1.54) is 16.0 Å². The molecule has 7 heteroatoms. The third kappa shape index (κ3) is 12.2. The van der Waals surface area contributed by atoms with E-state index in [-0.39, 0.29) is 11.9 Å². The molecule has 0 N–H and O–H groups in total. The maximum atomic E-state index is 12.0. The molecule has 0 aromatic heterocycles. The molecule has 0 aliphatic rings. The lowest BCUT2D eigenvalue weighted by atomic mass is 9.96. The normalized spacial score (nSPS) is 10.7. The summed E-state index contributed by atoms with van der Waals surface area (Å²) >= 11 is 1.73. The van der Waals surface area contributed by atoms with Gasteiger partial charge in [-0.2, -0.15) is 0 Å². The van der Waals surface area contributed by atoms with Gasteiger partial charge in [0.25, 0.3) is 0 Å². The van der Waals surface area contributed by atoms with Crippen LogP contribution in [0.25, 0.3) is 0 Å². The minimum absolute atomic E-state index is 0.200. The molecule has 0 atom stereocenters. The van der Waals surface area contributed by atoms with Crippen molar-refractivity contribution in [2.75, 3.05) is 32.7 Å². The number of esters is 2. The summed E-state index contributed by atoms with van der Waals surface area (Å²) in [5.74, 6) is 1.32. The Morgan fingerprint density at radius 2 is 1.50 bits per heavy atom. The van der Waals surface area contributed by atoms with E-state index in [2.05, 4.69) is 37.4 Å². The first-order valence-electron chi connectivity index (χ1n) is 13.8. The molecule has 6 nitrogen and oxygen atoms in total. The largest absolute Gasteiger partial charge is 0.494 e. The predicted molar refractivity (Wildman–Crippen MR) is 153 cm³/mol. The van der Waals surface area contributed by atoms with Gasteiger partial charge in [-0.15, -0.1) is 11.8 Å². The standard InChI is InChI=1S/C31H44O6S/c1-5-34-30(32)16-12-20-37-29-15-11-14-25(28(29)17-18-31(33)35-6-2)13-9-7-8-10-19-36-26-21-24(3)22-27(23-26)38-4/h11,14-15,21-23H,5-10,12-13,16-20H2,1-4H3. The summed E-state index contributed by atoms with van der Waals surface area (Å²) in [6, 6.07) is 12.4. The molecule has 0 bridgehead atoms. The summed E-state index contributed by atoms with van der Waals surface area (Å²) in [4.78, 5) is 24.9. The molecule has 0 fully saturated rings. The molecule has 2 aromatic rings. The minimum Gasteiger partial charge on any atom is -0.494 e. The average Bonchev–Trinajstić information content (AvgIpc) is 2.90. The zero-order valence-electron chi connectivity index (χ0n) is 23.5. The molecule has 0 spiro atoms. The number of thioether (sulfide) groups is 1. The van der Waals surface area contributed by atoms with E-state index >= 15 is 0 Å². The fraction of sp³-hybridized carbons (Fsp3) is 0.548. The van der Waals surface area contributed by atoms with Gasteiger partial charge in [-0.3, -0.25) is 9.59 Å². The smallest absolute Gasteiger partial charge is 0.306 e. The molecule has 0 radical (unpaired) electrons. The minimum atomic E-state index is -0.207. The molecule has 210 valence electrons.